The molecule has 0 bridgehead atoms. The predicted octanol–water partition coefficient (Wildman–Crippen LogP) is 3.55. The van der Waals surface area contributed by atoms with Crippen LogP contribution in [0.2, 0.25) is 0 Å². The Morgan fingerprint density at radius 3 is 2.39 bits per heavy atom. The van der Waals surface area contributed by atoms with E-state index in [1.54, 1.807) is 21.3 Å². The summed E-state index contributed by atoms with van der Waals surface area (Å²) in [4.78, 5) is 0. The highest BCUT2D eigenvalue weighted by atomic mass is 16.5. The average molecular weight is 314 g/mol. The molecule has 1 heterocycles. The average Bonchev–Trinajstić information content (AvgIpc) is 2.61. The summed E-state index contributed by atoms with van der Waals surface area (Å²) in [6.45, 7) is 2.75. The molecule has 1 aliphatic heterocycles. The van der Waals surface area contributed by atoms with Crippen molar-refractivity contribution in [1.29, 1.82) is 0 Å². The number of fused-ring (bicyclic) bond motifs is 1. The molecule has 0 N–H and O–H groups in total. The van der Waals surface area contributed by atoms with E-state index in [2.05, 4.69) is 19.1 Å². The molecule has 1 atom stereocenters. The smallest absolute Gasteiger partial charge is 0.161 e. The maximum Gasteiger partial charge on any atom is 0.161 e. The summed E-state index contributed by atoms with van der Waals surface area (Å²) in [6, 6.07) is 12.1. The van der Waals surface area contributed by atoms with Crippen molar-refractivity contribution in [2.45, 2.75) is 18.9 Å². The van der Waals surface area contributed by atoms with Gasteiger partial charge in [-0.25, -0.2) is 0 Å². The molecule has 2 aromatic carbocycles. The first-order valence-corrected chi connectivity index (χ1v) is 7.66. The molecule has 0 aliphatic carbocycles. The number of hydrogen-bond donors (Lipinski definition) is 0. The van der Waals surface area contributed by atoms with E-state index in [0.29, 0.717) is 12.4 Å². The monoisotopic (exact) mass is 314 g/mol. The van der Waals surface area contributed by atoms with Crippen LogP contribution in [-0.2, 0) is 16.8 Å². The number of ether oxygens (including phenoxy) is 4. The maximum absolute atomic E-state index is 6.20. The minimum Gasteiger partial charge on any atom is -0.497 e. The van der Waals surface area contributed by atoms with Crippen molar-refractivity contribution in [2.75, 3.05) is 27.9 Å². The molecular weight excluding hydrogens is 292 g/mol. The van der Waals surface area contributed by atoms with Crippen LogP contribution in [0.4, 0.5) is 0 Å². The van der Waals surface area contributed by atoms with Crippen LogP contribution in [0.25, 0.3) is 0 Å². The molecule has 0 aromatic heterocycles. The highest BCUT2D eigenvalue weighted by Crippen LogP contribution is 2.43. The van der Waals surface area contributed by atoms with Crippen LogP contribution >= 0.6 is 0 Å². The van der Waals surface area contributed by atoms with E-state index < -0.39 is 5.60 Å². The first kappa shape index (κ1) is 15.7. The number of rotatable bonds is 4. The molecule has 23 heavy (non-hydrogen) atoms. The number of hydrogen-bond acceptors (Lipinski definition) is 4. The molecule has 4 nitrogen and oxygen atoms in total. The fourth-order valence-electron chi connectivity index (χ4n) is 3.17. The number of methoxy groups -OCH3 is 3. The van der Waals surface area contributed by atoms with Crippen LogP contribution in [0.3, 0.4) is 0 Å². The Morgan fingerprint density at radius 2 is 1.70 bits per heavy atom. The van der Waals surface area contributed by atoms with Crippen molar-refractivity contribution in [2.24, 2.45) is 0 Å². The molecule has 2 aromatic rings. The van der Waals surface area contributed by atoms with Gasteiger partial charge < -0.3 is 18.9 Å². The fourth-order valence-corrected chi connectivity index (χ4v) is 3.17. The van der Waals surface area contributed by atoms with Crippen LogP contribution in [0.15, 0.2) is 36.4 Å². The highest BCUT2D eigenvalue weighted by Gasteiger charge is 2.36. The SMILES string of the molecule is COc1cccc(C2(C)OCCc3cc(OC)c(OC)cc32)c1. The highest BCUT2D eigenvalue weighted by molar-refractivity contribution is 5.53. The molecule has 1 aliphatic rings. The van der Waals surface area contributed by atoms with Gasteiger partial charge in [0, 0.05) is 0 Å². The van der Waals surface area contributed by atoms with Crippen molar-refractivity contribution >= 4 is 0 Å². The molecule has 0 amide bonds. The van der Waals surface area contributed by atoms with Crippen molar-refractivity contribution in [3.63, 3.8) is 0 Å². The van der Waals surface area contributed by atoms with Crippen LogP contribution < -0.4 is 14.2 Å². The minimum atomic E-state index is -0.540. The predicted molar refractivity (Wildman–Crippen MR) is 88.7 cm³/mol. The molecule has 122 valence electrons. The van der Waals surface area contributed by atoms with Gasteiger partial charge in [-0.05, 0) is 54.3 Å². The van der Waals surface area contributed by atoms with Gasteiger partial charge >= 0.3 is 0 Å². The molecule has 4 heteroatoms. The second-order valence-electron chi connectivity index (χ2n) is 5.73. The second kappa shape index (κ2) is 6.13. The van der Waals surface area contributed by atoms with Crippen LogP contribution in [0.5, 0.6) is 17.2 Å². The van der Waals surface area contributed by atoms with E-state index in [0.717, 1.165) is 29.0 Å². The van der Waals surface area contributed by atoms with Gasteiger partial charge in [0.15, 0.2) is 11.5 Å². The maximum atomic E-state index is 6.20. The largest absolute Gasteiger partial charge is 0.497 e. The Hall–Kier alpha value is -2.20. The summed E-state index contributed by atoms with van der Waals surface area (Å²) in [7, 11) is 4.98. The Bertz CT molecular complexity index is 711. The molecule has 0 fully saturated rings. The third-order valence-corrected chi connectivity index (χ3v) is 4.51. The van der Waals surface area contributed by atoms with Crippen molar-refractivity contribution in [3.8, 4) is 17.2 Å². The van der Waals surface area contributed by atoms with Gasteiger partial charge in [-0.3, -0.25) is 0 Å². The molecule has 1 unspecified atom stereocenters. The normalized spacial score (nSPS) is 19.8. The lowest BCUT2D eigenvalue weighted by Crippen LogP contribution is -2.33. The van der Waals surface area contributed by atoms with Gasteiger partial charge in [-0.2, -0.15) is 0 Å². The topological polar surface area (TPSA) is 36.9 Å². The summed E-state index contributed by atoms with van der Waals surface area (Å²) in [5.74, 6) is 2.28. The van der Waals surface area contributed by atoms with E-state index in [-0.39, 0.29) is 0 Å². The summed E-state index contributed by atoms with van der Waals surface area (Å²) in [5, 5.41) is 0. The molecule has 0 spiro atoms. The molecular formula is C19H22O4. The third kappa shape index (κ3) is 2.63. The Morgan fingerprint density at radius 1 is 0.957 bits per heavy atom. The first-order chi connectivity index (χ1) is 11.1. The quantitative estimate of drug-likeness (QED) is 0.865. The standard InChI is InChI=1S/C19H22O4/c1-19(14-6-5-7-15(11-14)20-2)16-12-18(22-4)17(21-3)10-13(16)8-9-23-19/h5-7,10-12H,8-9H2,1-4H3. The van der Waals surface area contributed by atoms with Gasteiger partial charge in [0.25, 0.3) is 0 Å². The molecule has 0 radical (unpaired) electrons. The Kier molecular flexibility index (Phi) is 4.18. The van der Waals surface area contributed by atoms with Gasteiger partial charge in [0.1, 0.15) is 11.4 Å². The van der Waals surface area contributed by atoms with Gasteiger partial charge in [-0.1, -0.05) is 12.1 Å². The summed E-state index contributed by atoms with van der Waals surface area (Å²) in [5.41, 5.74) is 2.85. The van der Waals surface area contributed by atoms with Gasteiger partial charge in [-0.15, -0.1) is 0 Å². The fraction of sp³-hybridized carbons (Fsp3) is 0.368. The zero-order valence-electron chi connectivity index (χ0n) is 14.0. The van der Waals surface area contributed by atoms with Crippen LogP contribution in [0, 0.1) is 0 Å². The van der Waals surface area contributed by atoms with Crippen LogP contribution in [0.1, 0.15) is 23.6 Å². The van der Waals surface area contributed by atoms with Crippen molar-refractivity contribution in [1.82, 2.24) is 0 Å². The van der Waals surface area contributed by atoms with E-state index in [4.69, 9.17) is 18.9 Å². The van der Waals surface area contributed by atoms with E-state index in [1.807, 2.05) is 24.3 Å². The first-order valence-electron chi connectivity index (χ1n) is 7.66. The lowest BCUT2D eigenvalue weighted by Gasteiger charge is -2.37. The minimum absolute atomic E-state index is 0.540. The molecule has 0 saturated carbocycles. The second-order valence-corrected chi connectivity index (χ2v) is 5.73. The lowest BCUT2D eigenvalue weighted by molar-refractivity contribution is -0.0145. The summed E-state index contributed by atoms with van der Waals surface area (Å²) >= 11 is 0. The van der Waals surface area contributed by atoms with Crippen molar-refractivity contribution < 1.29 is 18.9 Å². The van der Waals surface area contributed by atoms with Crippen molar-refractivity contribution in [3.05, 3.63) is 53.1 Å². The Balaban J connectivity index is 2.16. The van der Waals surface area contributed by atoms with E-state index in [9.17, 15) is 0 Å². The van der Waals surface area contributed by atoms with Gasteiger partial charge in [0.05, 0.1) is 27.9 Å². The number of benzene rings is 2. The lowest BCUT2D eigenvalue weighted by atomic mass is 9.82. The van der Waals surface area contributed by atoms with Crippen LogP contribution in [-0.4, -0.2) is 27.9 Å². The Labute approximate surface area is 136 Å². The van der Waals surface area contributed by atoms with E-state index >= 15 is 0 Å². The summed E-state index contributed by atoms with van der Waals surface area (Å²) in [6.07, 6.45) is 0.856. The summed E-state index contributed by atoms with van der Waals surface area (Å²) < 4.78 is 22.5. The zero-order valence-corrected chi connectivity index (χ0v) is 14.0. The van der Waals surface area contributed by atoms with E-state index in [1.165, 1.54) is 5.56 Å². The third-order valence-electron chi connectivity index (χ3n) is 4.51. The van der Waals surface area contributed by atoms with Gasteiger partial charge in [0.2, 0.25) is 0 Å². The zero-order chi connectivity index (χ0) is 16.4. The molecule has 3 rings (SSSR count). The molecule has 0 saturated heterocycles.